The van der Waals surface area contributed by atoms with Gasteiger partial charge in [0.25, 0.3) is 0 Å². The topological polar surface area (TPSA) is 61.4 Å². The molecule has 104 valence electrons. The van der Waals surface area contributed by atoms with Crippen LogP contribution in [0.25, 0.3) is 0 Å². The van der Waals surface area contributed by atoms with Gasteiger partial charge in [-0.15, -0.1) is 0 Å². The van der Waals surface area contributed by atoms with E-state index in [2.05, 4.69) is 10.6 Å². The maximum Gasteiger partial charge on any atom is 0.241 e. The van der Waals surface area contributed by atoms with Gasteiger partial charge in [-0.2, -0.15) is 0 Å². The first-order valence-corrected chi connectivity index (χ1v) is 6.37. The van der Waals surface area contributed by atoms with E-state index in [-0.39, 0.29) is 18.4 Å². The number of anilines is 1. The van der Waals surface area contributed by atoms with Gasteiger partial charge in [0.1, 0.15) is 0 Å². The van der Waals surface area contributed by atoms with E-state index in [0.29, 0.717) is 6.54 Å². The fraction of sp³-hybridized carbons (Fsp3) is 0.429. The molecule has 2 N–H and O–H groups in total. The number of hydrogen-bond donors (Lipinski definition) is 2. The highest BCUT2D eigenvalue weighted by molar-refractivity contribution is 5.94. The molecule has 2 amide bonds. The van der Waals surface area contributed by atoms with Crippen LogP contribution in [0.1, 0.15) is 13.8 Å². The largest absolute Gasteiger partial charge is 0.345 e. The molecular formula is C14H21N3O2. The van der Waals surface area contributed by atoms with Crippen molar-refractivity contribution in [2.24, 2.45) is 0 Å². The third-order valence-electron chi connectivity index (χ3n) is 2.89. The van der Waals surface area contributed by atoms with E-state index in [1.54, 1.807) is 18.9 Å². The molecule has 0 spiro atoms. The van der Waals surface area contributed by atoms with E-state index in [4.69, 9.17) is 0 Å². The maximum absolute atomic E-state index is 11.9. The summed E-state index contributed by atoms with van der Waals surface area (Å²) >= 11 is 0. The molecule has 5 nitrogen and oxygen atoms in total. The molecule has 0 aliphatic heterocycles. The molecule has 5 heteroatoms. The SMILES string of the molecule is CCN(C)C(=O)CNC(C)C(=O)Nc1ccccc1. The lowest BCUT2D eigenvalue weighted by atomic mass is 10.2. The summed E-state index contributed by atoms with van der Waals surface area (Å²) in [5, 5.41) is 5.70. The first kappa shape index (κ1) is 15.2. The van der Waals surface area contributed by atoms with Crippen molar-refractivity contribution in [3.63, 3.8) is 0 Å². The van der Waals surface area contributed by atoms with E-state index in [9.17, 15) is 9.59 Å². The summed E-state index contributed by atoms with van der Waals surface area (Å²) in [4.78, 5) is 25.1. The Morgan fingerprint density at radius 3 is 2.47 bits per heavy atom. The van der Waals surface area contributed by atoms with Crippen LogP contribution in [-0.4, -0.2) is 42.9 Å². The monoisotopic (exact) mass is 263 g/mol. The second kappa shape index (κ2) is 7.53. The van der Waals surface area contributed by atoms with Gasteiger partial charge in [0, 0.05) is 19.3 Å². The number of nitrogens with one attached hydrogen (secondary N) is 2. The zero-order valence-corrected chi connectivity index (χ0v) is 11.6. The summed E-state index contributed by atoms with van der Waals surface area (Å²) in [7, 11) is 1.73. The molecule has 1 unspecified atom stereocenters. The molecule has 0 bridgehead atoms. The molecule has 0 aliphatic rings. The minimum absolute atomic E-state index is 0.0261. The number of rotatable bonds is 6. The normalized spacial score (nSPS) is 11.7. The minimum Gasteiger partial charge on any atom is -0.345 e. The fourth-order valence-corrected chi connectivity index (χ4v) is 1.42. The lowest BCUT2D eigenvalue weighted by molar-refractivity contribution is -0.129. The molecule has 1 aromatic rings. The maximum atomic E-state index is 11.9. The van der Waals surface area contributed by atoms with Gasteiger partial charge >= 0.3 is 0 Å². The van der Waals surface area contributed by atoms with E-state index in [1.165, 1.54) is 0 Å². The van der Waals surface area contributed by atoms with Crippen molar-refractivity contribution < 1.29 is 9.59 Å². The Kier molecular flexibility index (Phi) is 6.02. The average molecular weight is 263 g/mol. The van der Waals surface area contributed by atoms with E-state index in [1.807, 2.05) is 37.3 Å². The van der Waals surface area contributed by atoms with Gasteiger partial charge in [0.15, 0.2) is 0 Å². The van der Waals surface area contributed by atoms with E-state index < -0.39 is 6.04 Å². The number of para-hydroxylation sites is 1. The molecule has 0 saturated heterocycles. The zero-order valence-electron chi connectivity index (χ0n) is 11.6. The molecule has 0 saturated carbocycles. The quantitative estimate of drug-likeness (QED) is 0.807. The van der Waals surface area contributed by atoms with Crippen molar-refractivity contribution in [1.82, 2.24) is 10.2 Å². The van der Waals surface area contributed by atoms with Crippen LogP contribution in [0, 0.1) is 0 Å². The molecule has 0 aromatic heterocycles. The van der Waals surface area contributed by atoms with Gasteiger partial charge in [0.2, 0.25) is 11.8 Å². The minimum atomic E-state index is -0.422. The summed E-state index contributed by atoms with van der Waals surface area (Å²) in [5.41, 5.74) is 0.748. The van der Waals surface area contributed by atoms with Crippen molar-refractivity contribution in [3.8, 4) is 0 Å². The molecule has 1 atom stereocenters. The number of hydrogen-bond acceptors (Lipinski definition) is 3. The van der Waals surface area contributed by atoms with Crippen LogP contribution in [-0.2, 0) is 9.59 Å². The van der Waals surface area contributed by atoms with E-state index in [0.717, 1.165) is 5.69 Å². The molecule has 0 aliphatic carbocycles. The van der Waals surface area contributed by atoms with Gasteiger partial charge in [0.05, 0.1) is 12.6 Å². The van der Waals surface area contributed by atoms with Gasteiger partial charge in [-0.3, -0.25) is 14.9 Å². The Morgan fingerprint density at radius 1 is 1.26 bits per heavy atom. The average Bonchev–Trinajstić information content (AvgIpc) is 2.44. The van der Waals surface area contributed by atoms with Gasteiger partial charge in [-0.1, -0.05) is 18.2 Å². The van der Waals surface area contributed by atoms with E-state index >= 15 is 0 Å². The predicted molar refractivity (Wildman–Crippen MR) is 75.8 cm³/mol. The fourth-order valence-electron chi connectivity index (χ4n) is 1.42. The van der Waals surface area contributed by atoms with Crippen LogP contribution in [0.15, 0.2) is 30.3 Å². The molecule has 1 rings (SSSR count). The highest BCUT2D eigenvalue weighted by Gasteiger charge is 2.14. The first-order valence-electron chi connectivity index (χ1n) is 6.37. The van der Waals surface area contributed by atoms with Crippen molar-refractivity contribution in [2.45, 2.75) is 19.9 Å². The first-order chi connectivity index (χ1) is 9.04. The third-order valence-corrected chi connectivity index (χ3v) is 2.89. The Balaban J connectivity index is 2.39. The summed E-state index contributed by atoms with van der Waals surface area (Å²) in [6, 6.07) is 8.81. The Hall–Kier alpha value is -1.88. The second-order valence-electron chi connectivity index (χ2n) is 4.37. The second-order valence-corrected chi connectivity index (χ2v) is 4.37. The Bertz CT molecular complexity index is 420. The Morgan fingerprint density at radius 2 is 1.89 bits per heavy atom. The molecular weight excluding hydrogens is 242 g/mol. The standard InChI is InChI=1S/C14H21N3O2/c1-4-17(3)13(18)10-15-11(2)14(19)16-12-8-6-5-7-9-12/h5-9,11,15H,4,10H2,1-3H3,(H,16,19). The number of nitrogens with zero attached hydrogens (tertiary/aromatic N) is 1. The third kappa shape index (κ3) is 5.09. The van der Waals surface area contributed by atoms with Crippen LogP contribution < -0.4 is 10.6 Å². The number of amides is 2. The van der Waals surface area contributed by atoms with Crippen LogP contribution >= 0.6 is 0 Å². The van der Waals surface area contributed by atoms with Gasteiger partial charge in [-0.05, 0) is 26.0 Å². The number of benzene rings is 1. The summed E-state index contributed by atoms with van der Waals surface area (Å²) in [5.74, 6) is -0.181. The number of carbonyl (C=O) groups excluding carboxylic acids is 2. The Labute approximate surface area is 114 Å². The van der Waals surface area contributed by atoms with Crippen molar-refractivity contribution in [1.29, 1.82) is 0 Å². The van der Waals surface area contributed by atoms with Crippen LogP contribution in [0.2, 0.25) is 0 Å². The molecule has 0 heterocycles. The summed E-state index contributed by atoms with van der Waals surface area (Å²) in [6.07, 6.45) is 0. The molecule has 0 radical (unpaired) electrons. The number of likely N-dealkylation sites (N-methyl/N-ethyl adjacent to an activating group) is 1. The summed E-state index contributed by atoms with van der Waals surface area (Å²) in [6.45, 7) is 4.46. The lowest BCUT2D eigenvalue weighted by Crippen LogP contribution is -2.44. The molecule has 19 heavy (non-hydrogen) atoms. The van der Waals surface area contributed by atoms with Gasteiger partial charge < -0.3 is 10.2 Å². The lowest BCUT2D eigenvalue weighted by Gasteiger charge is -2.17. The number of carbonyl (C=O) groups is 2. The zero-order chi connectivity index (χ0) is 14.3. The highest BCUT2D eigenvalue weighted by atomic mass is 16.2. The van der Waals surface area contributed by atoms with Crippen LogP contribution in [0.5, 0.6) is 0 Å². The molecule has 0 fully saturated rings. The van der Waals surface area contributed by atoms with Crippen molar-refractivity contribution >= 4 is 17.5 Å². The predicted octanol–water partition coefficient (Wildman–Crippen LogP) is 1.08. The highest BCUT2D eigenvalue weighted by Crippen LogP contribution is 2.05. The van der Waals surface area contributed by atoms with Gasteiger partial charge in [-0.25, -0.2) is 0 Å². The van der Waals surface area contributed by atoms with Crippen LogP contribution in [0.3, 0.4) is 0 Å². The smallest absolute Gasteiger partial charge is 0.241 e. The summed E-state index contributed by atoms with van der Waals surface area (Å²) < 4.78 is 0. The van der Waals surface area contributed by atoms with Crippen molar-refractivity contribution in [3.05, 3.63) is 30.3 Å². The van der Waals surface area contributed by atoms with Crippen molar-refractivity contribution in [2.75, 3.05) is 25.5 Å². The van der Waals surface area contributed by atoms with Crippen LogP contribution in [0.4, 0.5) is 5.69 Å². The molecule has 1 aromatic carbocycles.